The number of aliphatic hydroxyl groups is 1. The first-order valence-electron chi connectivity index (χ1n) is 9.30. The molecule has 4 rings (SSSR count). The van der Waals surface area contributed by atoms with Gasteiger partial charge in [-0.2, -0.15) is 0 Å². The second kappa shape index (κ2) is 8.36. The molecule has 1 amide bonds. The standard InChI is InChI=1S/C19H17N5O7/c25-14-9-17(18(26)31-23-16-4-2-1-3-15(16)20-21-23)22(10-14)19(27)30-11-12-5-7-13(8-6-12)24(28)29/h1-8,14,17,25H,9-11H2/t14-,17+/m1/s1. The lowest BCUT2D eigenvalue weighted by atomic mass is 10.2. The van der Waals surface area contributed by atoms with Gasteiger partial charge in [0.1, 0.15) is 23.7 Å². The van der Waals surface area contributed by atoms with Crippen LogP contribution in [-0.2, 0) is 16.1 Å². The number of amides is 1. The van der Waals surface area contributed by atoms with E-state index in [-0.39, 0.29) is 25.3 Å². The van der Waals surface area contributed by atoms with E-state index < -0.39 is 29.1 Å². The predicted molar refractivity (Wildman–Crippen MR) is 104 cm³/mol. The number of non-ortho nitro benzene ring substituents is 1. The summed E-state index contributed by atoms with van der Waals surface area (Å²) in [5.74, 6) is -0.792. The SMILES string of the molecule is O=C(On1nnc2ccccc21)[C@@H]1C[C@@H](O)CN1C(=O)OCc1ccc([N+](=O)[O-])cc1. The predicted octanol–water partition coefficient (Wildman–Crippen LogP) is 1.07. The van der Waals surface area contributed by atoms with E-state index in [1.54, 1.807) is 24.3 Å². The Morgan fingerprint density at radius 1 is 1.19 bits per heavy atom. The van der Waals surface area contributed by atoms with Crippen LogP contribution in [0.5, 0.6) is 0 Å². The van der Waals surface area contributed by atoms with Crippen LogP contribution in [0.1, 0.15) is 12.0 Å². The van der Waals surface area contributed by atoms with Gasteiger partial charge in [-0.05, 0) is 35.0 Å². The number of β-amino-alcohol motifs (C(OH)–C–C–N with tert-alkyl or cyclic N) is 1. The highest BCUT2D eigenvalue weighted by atomic mass is 16.7. The molecular formula is C19H17N5O7. The minimum absolute atomic E-state index is 0.0158. The molecule has 0 spiro atoms. The zero-order valence-electron chi connectivity index (χ0n) is 16.0. The fraction of sp³-hybridized carbons (Fsp3) is 0.263. The second-order valence-corrected chi connectivity index (χ2v) is 6.90. The lowest BCUT2D eigenvalue weighted by molar-refractivity contribution is -0.384. The molecule has 0 saturated carbocycles. The molecule has 12 heteroatoms. The lowest BCUT2D eigenvalue weighted by Crippen LogP contribution is -2.44. The average Bonchev–Trinajstić information content (AvgIpc) is 3.36. The minimum atomic E-state index is -1.07. The van der Waals surface area contributed by atoms with Crippen LogP contribution in [-0.4, -0.2) is 60.8 Å². The Morgan fingerprint density at radius 3 is 2.68 bits per heavy atom. The number of ether oxygens (including phenoxy) is 1. The molecular weight excluding hydrogens is 410 g/mol. The number of hydrogen-bond donors (Lipinski definition) is 1. The number of carbonyl (C=O) groups excluding carboxylic acids is 2. The number of para-hydroxylation sites is 1. The molecule has 1 aliphatic rings. The number of nitro groups is 1. The lowest BCUT2D eigenvalue weighted by Gasteiger charge is -2.21. The third kappa shape index (κ3) is 4.28. The number of nitrogens with zero attached hydrogens (tertiary/aromatic N) is 5. The summed E-state index contributed by atoms with van der Waals surface area (Å²) in [6, 6.07) is 11.3. The smallest absolute Gasteiger partial charge is 0.410 e. The van der Waals surface area contributed by atoms with Crippen LogP contribution in [0.25, 0.3) is 11.0 Å². The first-order valence-corrected chi connectivity index (χ1v) is 9.30. The summed E-state index contributed by atoms with van der Waals surface area (Å²) < 4.78 is 5.21. The van der Waals surface area contributed by atoms with E-state index in [4.69, 9.17) is 9.57 Å². The molecule has 0 unspecified atom stereocenters. The highest BCUT2D eigenvalue weighted by Gasteiger charge is 2.41. The van der Waals surface area contributed by atoms with Gasteiger partial charge in [-0.15, -0.1) is 5.10 Å². The van der Waals surface area contributed by atoms with Crippen LogP contribution >= 0.6 is 0 Å². The second-order valence-electron chi connectivity index (χ2n) is 6.90. The van der Waals surface area contributed by atoms with Crippen LogP contribution in [0.15, 0.2) is 48.5 Å². The largest absolute Gasteiger partial charge is 0.445 e. The van der Waals surface area contributed by atoms with E-state index in [1.807, 2.05) is 0 Å². The van der Waals surface area contributed by atoms with Gasteiger partial charge in [0.2, 0.25) is 0 Å². The van der Waals surface area contributed by atoms with Crippen molar-refractivity contribution in [2.24, 2.45) is 0 Å². The number of hydrogen-bond acceptors (Lipinski definition) is 9. The zero-order chi connectivity index (χ0) is 22.0. The Morgan fingerprint density at radius 2 is 1.94 bits per heavy atom. The zero-order valence-corrected chi connectivity index (χ0v) is 16.0. The van der Waals surface area contributed by atoms with E-state index >= 15 is 0 Å². The molecule has 3 aromatic rings. The van der Waals surface area contributed by atoms with Crippen molar-refractivity contribution < 1.29 is 29.2 Å². The van der Waals surface area contributed by atoms with Gasteiger partial charge < -0.3 is 14.7 Å². The van der Waals surface area contributed by atoms with Crippen molar-refractivity contribution in [3.05, 3.63) is 64.2 Å². The Balaban J connectivity index is 1.41. The van der Waals surface area contributed by atoms with Crippen LogP contribution in [0.4, 0.5) is 10.5 Å². The van der Waals surface area contributed by atoms with Crippen molar-refractivity contribution in [3.63, 3.8) is 0 Å². The summed E-state index contributed by atoms with van der Waals surface area (Å²) in [7, 11) is 0. The molecule has 1 aromatic heterocycles. The third-order valence-electron chi connectivity index (χ3n) is 4.79. The molecule has 1 aliphatic heterocycles. The van der Waals surface area contributed by atoms with Gasteiger partial charge >= 0.3 is 12.1 Å². The Kier molecular flexibility index (Phi) is 5.45. The summed E-state index contributed by atoms with van der Waals surface area (Å²) in [4.78, 5) is 42.6. The molecule has 0 radical (unpaired) electrons. The molecule has 1 N–H and O–H groups in total. The van der Waals surface area contributed by atoms with Crippen LogP contribution in [0.3, 0.4) is 0 Å². The Hall–Kier alpha value is -4.06. The highest BCUT2D eigenvalue weighted by molar-refractivity contribution is 5.83. The van der Waals surface area contributed by atoms with E-state index in [9.17, 15) is 24.8 Å². The number of likely N-dealkylation sites (tertiary alicyclic amines) is 1. The van der Waals surface area contributed by atoms with Gasteiger partial charge in [-0.25, -0.2) is 9.59 Å². The summed E-state index contributed by atoms with van der Waals surface area (Å²) >= 11 is 0. The normalized spacial score (nSPS) is 18.2. The number of fused-ring (bicyclic) bond motifs is 1. The Labute approximate surface area is 174 Å². The number of rotatable bonds is 5. The maximum Gasteiger partial charge on any atom is 0.410 e. The minimum Gasteiger partial charge on any atom is -0.445 e. The van der Waals surface area contributed by atoms with Gasteiger partial charge in [0.05, 0.1) is 17.6 Å². The van der Waals surface area contributed by atoms with E-state index in [0.717, 1.165) is 9.75 Å². The molecule has 0 bridgehead atoms. The monoisotopic (exact) mass is 427 g/mol. The Bertz CT molecular complexity index is 1130. The van der Waals surface area contributed by atoms with Crippen molar-refractivity contribution >= 4 is 28.8 Å². The molecule has 0 aliphatic carbocycles. The van der Waals surface area contributed by atoms with Crippen LogP contribution in [0.2, 0.25) is 0 Å². The van der Waals surface area contributed by atoms with Gasteiger partial charge in [0.15, 0.2) is 0 Å². The maximum absolute atomic E-state index is 12.7. The van der Waals surface area contributed by atoms with Gasteiger partial charge in [-0.3, -0.25) is 15.0 Å². The summed E-state index contributed by atoms with van der Waals surface area (Å²) in [6.45, 7) is -0.254. The number of aromatic nitrogens is 3. The average molecular weight is 427 g/mol. The molecule has 12 nitrogen and oxygen atoms in total. The van der Waals surface area contributed by atoms with Crippen molar-refractivity contribution in [1.82, 2.24) is 20.1 Å². The summed E-state index contributed by atoms with van der Waals surface area (Å²) in [5, 5.41) is 28.3. The van der Waals surface area contributed by atoms with E-state index in [0.29, 0.717) is 16.6 Å². The fourth-order valence-electron chi connectivity index (χ4n) is 3.24. The first kappa shape index (κ1) is 20.2. The molecule has 2 aromatic carbocycles. The molecule has 2 heterocycles. The van der Waals surface area contributed by atoms with Crippen LogP contribution in [0, 0.1) is 10.1 Å². The third-order valence-corrected chi connectivity index (χ3v) is 4.79. The van der Waals surface area contributed by atoms with Crippen molar-refractivity contribution in [2.75, 3.05) is 6.54 Å². The summed E-state index contributed by atoms with van der Waals surface area (Å²) in [5.41, 5.74) is 1.45. The quantitative estimate of drug-likeness (QED) is 0.358. The highest BCUT2D eigenvalue weighted by Crippen LogP contribution is 2.21. The maximum atomic E-state index is 12.7. The number of benzene rings is 2. The van der Waals surface area contributed by atoms with Crippen molar-refractivity contribution in [2.45, 2.75) is 25.2 Å². The molecule has 1 fully saturated rings. The topological polar surface area (TPSA) is 150 Å². The van der Waals surface area contributed by atoms with Gasteiger partial charge in [0, 0.05) is 18.6 Å². The number of aliphatic hydroxyl groups excluding tert-OH is 1. The van der Waals surface area contributed by atoms with Crippen molar-refractivity contribution in [1.29, 1.82) is 0 Å². The first-order chi connectivity index (χ1) is 14.9. The van der Waals surface area contributed by atoms with Gasteiger partial charge in [-0.1, -0.05) is 17.0 Å². The molecule has 31 heavy (non-hydrogen) atoms. The number of nitro benzene ring substituents is 1. The summed E-state index contributed by atoms with van der Waals surface area (Å²) in [6.07, 6.45) is -1.75. The van der Waals surface area contributed by atoms with Crippen LogP contribution < -0.4 is 4.84 Å². The molecule has 1 saturated heterocycles. The number of carbonyl (C=O) groups is 2. The van der Waals surface area contributed by atoms with Crippen molar-refractivity contribution in [3.8, 4) is 0 Å². The fourth-order valence-corrected chi connectivity index (χ4v) is 3.24. The molecule has 2 atom stereocenters. The van der Waals surface area contributed by atoms with Gasteiger partial charge in [0.25, 0.3) is 5.69 Å². The molecule has 160 valence electrons. The van der Waals surface area contributed by atoms with E-state index in [2.05, 4.69) is 10.3 Å². The van der Waals surface area contributed by atoms with E-state index in [1.165, 1.54) is 24.3 Å².